The fourth-order valence-electron chi connectivity index (χ4n) is 2.80. The lowest BCUT2D eigenvalue weighted by molar-refractivity contribution is 0.168. The summed E-state index contributed by atoms with van der Waals surface area (Å²) in [5.74, 6) is -0.148. The Labute approximate surface area is 129 Å². The van der Waals surface area contributed by atoms with Crippen molar-refractivity contribution in [1.82, 2.24) is 10.2 Å². The molecule has 4 heteroatoms. The summed E-state index contributed by atoms with van der Waals surface area (Å²) in [5.41, 5.74) is 0.735. The Balaban J connectivity index is 1.86. The van der Waals surface area contributed by atoms with Crippen LogP contribution in [-0.4, -0.2) is 30.6 Å². The van der Waals surface area contributed by atoms with Gasteiger partial charge in [0.15, 0.2) is 0 Å². The molecule has 20 heavy (non-hydrogen) atoms. The van der Waals surface area contributed by atoms with Gasteiger partial charge in [-0.05, 0) is 51.9 Å². The second kappa shape index (κ2) is 7.53. The molecule has 1 N–H and O–H groups in total. The average Bonchev–Trinajstić information content (AvgIpc) is 2.45. The van der Waals surface area contributed by atoms with E-state index in [1.807, 2.05) is 19.1 Å². The third-order valence-electron chi connectivity index (χ3n) is 4.16. The zero-order valence-electron chi connectivity index (χ0n) is 12.3. The smallest absolute Gasteiger partial charge is 0.129 e. The van der Waals surface area contributed by atoms with Crippen LogP contribution in [0.5, 0.6) is 0 Å². The van der Waals surface area contributed by atoms with E-state index in [9.17, 15) is 4.39 Å². The Hall–Kier alpha value is -0.450. The van der Waals surface area contributed by atoms with E-state index >= 15 is 0 Å². The van der Waals surface area contributed by atoms with Crippen molar-refractivity contribution in [3.8, 4) is 0 Å². The molecule has 0 spiro atoms. The molecular formula is C16H24BrFN2. The van der Waals surface area contributed by atoms with Crippen LogP contribution in [0.2, 0.25) is 0 Å². The Bertz CT molecular complexity index is 432. The van der Waals surface area contributed by atoms with Gasteiger partial charge in [0.05, 0.1) is 0 Å². The van der Waals surface area contributed by atoms with Gasteiger partial charge >= 0.3 is 0 Å². The van der Waals surface area contributed by atoms with Crippen molar-refractivity contribution in [2.75, 3.05) is 19.6 Å². The van der Waals surface area contributed by atoms with Crippen LogP contribution < -0.4 is 5.32 Å². The lowest BCUT2D eigenvalue weighted by Gasteiger charge is -2.33. The Kier molecular flexibility index (Phi) is 6.00. The molecule has 0 bridgehead atoms. The van der Waals surface area contributed by atoms with Crippen LogP contribution in [0.3, 0.4) is 0 Å². The predicted molar refractivity (Wildman–Crippen MR) is 85.4 cm³/mol. The Morgan fingerprint density at radius 3 is 2.60 bits per heavy atom. The zero-order chi connectivity index (χ0) is 14.5. The van der Waals surface area contributed by atoms with Crippen LogP contribution in [0, 0.1) is 5.82 Å². The lowest BCUT2D eigenvalue weighted by atomic mass is 10.1. The highest BCUT2D eigenvalue weighted by Gasteiger charge is 2.18. The molecule has 1 saturated heterocycles. The molecule has 2 atom stereocenters. The Morgan fingerprint density at radius 1 is 1.25 bits per heavy atom. The molecule has 2 nitrogen and oxygen atoms in total. The van der Waals surface area contributed by atoms with Crippen molar-refractivity contribution in [2.24, 2.45) is 0 Å². The van der Waals surface area contributed by atoms with E-state index in [0.29, 0.717) is 6.04 Å². The first-order valence-corrected chi connectivity index (χ1v) is 8.29. The molecule has 0 amide bonds. The average molecular weight is 343 g/mol. The monoisotopic (exact) mass is 342 g/mol. The molecule has 0 radical (unpaired) electrons. The number of halogens is 2. The van der Waals surface area contributed by atoms with Crippen LogP contribution in [-0.2, 0) is 0 Å². The number of hydrogen-bond donors (Lipinski definition) is 1. The van der Waals surface area contributed by atoms with Crippen molar-refractivity contribution in [3.05, 3.63) is 34.1 Å². The molecule has 1 heterocycles. The van der Waals surface area contributed by atoms with Gasteiger partial charge in [0.2, 0.25) is 0 Å². The summed E-state index contributed by atoms with van der Waals surface area (Å²) in [7, 11) is 0. The van der Waals surface area contributed by atoms with E-state index in [1.54, 1.807) is 0 Å². The standard InChI is InChI=1S/C16H24BrFN2/c1-12(20-8-4-3-5-9-20)11-19-13(2)15-7-6-14(17)10-16(15)18/h6-7,10,12-13,19H,3-5,8-9,11H2,1-2H3. The highest BCUT2D eigenvalue weighted by molar-refractivity contribution is 9.10. The number of rotatable bonds is 5. The first-order chi connectivity index (χ1) is 9.58. The zero-order valence-corrected chi connectivity index (χ0v) is 13.9. The maximum absolute atomic E-state index is 13.9. The fourth-order valence-corrected chi connectivity index (χ4v) is 3.13. The van der Waals surface area contributed by atoms with E-state index in [1.165, 1.54) is 38.4 Å². The van der Waals surface area contributed by atoms with Crippen LogP contribution in [0.25, 0.3) is 0 Å². The van der Waals surface area contributed by atoms with Crippen molar-refractivity contribution >= 4 is 15.9 Å². The summed E-state index contributed by atoms with van der Waals surface area (Å²) in [6.07, 6.45) is 3.97. The summed E-state index contributed by atoms with van der Waals surface area (Å²) in [5, 5.41) is 3.46. The fraction of sp³-hybridized carbons (Fsp3) is 0.625. The third-order valence-corrected chi connectivity index (χ3v) is 4.66. The number of nitrogens with one attached hydrogen (secondary N) is 1. The number of benzene rings is 1. The second-order valence-electron chi connectivity index (χ2n) is 5.74. The van der Waals surface area contributed by atoms with Gasteiger partial charge < -0.3 is 5.32 Å². The van der Waals surface area contributed by atoms with Crippen LogP contribution >= 0.6 is 15.9 Å². The molecule has 1 aliphatic rings. The molecule has 112 valence electrons. The van der Waals surface area contributed by atoms with Crippen molar-refractivity contribution in [1.29, 1.82) is 0 Å². The van der Waals surface area contributed by atoms with E-state index in [-0.39, 0.29) is 11.9 Å². The molecule has 1 aliphatic heterocycles. The largest absolute Gasteiger partial charge is 0.309 e. The molecule has 2 rings (SSSR count). The minimum Gasteiger partial charge on any atom is -0.309 e. The molecule has 1 aromatic carbocycles. The second-order valence-corrected chi connectivity index (χ2v) is 6.66. The van der Waals surface area contributed by atoms with Gasteiger partial charge in [-0.15, -0.1) is 0 Å². The summed E-state index contributed by atoms with van der Waals surface area (Å²) in [4.78, 5) is 2.53. The topological polar surface area (TPSA) is 15.3 Å². The number of likely N-dealkylation sites (tertiary alicyclic amines) is 1. The molecule has 0 aliphatic carbocycles. The molecule has 0 aromatic heterocycles. The summed E-state index contributed by atoms with van der Waals surface area (Å²) in [6.45, 7) is 7.57. The highest BCUT2D eigenvalue weighted by Crippen LogP contribution is 2.21. The number of piperidine rings is 1. The lowest BCUT2D eigenvalue weighted by Crippen LogP contribution is -2.43. The summed E-state index contributed by atoms with van der Waals surface area (Å²) < 4.78 is 14.7. The minimum absolute atomic E-state index is 0.0374. The minimum atomic E-state index is -0.148. The number of hydrogen-bond acceptors (Lipinski definition) is 2. The van der Waals surface area contributed by atoms with E-state index in [2.05, 4.69) is 33.1 Å². The van der Waals surface area contributed by atoms with Crippen LogP contribution in [0.15, 0.2) is 22.7 Å². The van der Waals surface area contributed by atoms with E-state index in [0.717, 1.165) is 16.6 Å². The quantitative estimate of drug-likeness (QED) is 0.865. The van der Waals surface area contributed by atoms with Crippen LogP contribution in [0.1, 0.15) is 44.7 Å². The molecule has 1 fully saturated rings. The maximum atomic E-state index is 13.9. The van der Waals surface area contributed by atoms with Gasteiger partial charge in [0, 0.05) is 28.7 Å². The van der Waals surface area contributed by atoms with Gasteiger partial charge in [-0.1, -0.05) is 28.4 Å². The summed E-state index contributed by atoms with van der Waals surface area (Å²) >= 11 is 3.29. The maximum Gasteiger partial charge on any atom is 0.129 e. The van der Waals surface area contributed by atoms with Gasteiger partial charge in [-0.2, -0.15) is 0 Å². The van der Waals surface area contributed by atoms with Gasteiger partial charge in [-0.3, -0.25) is 4.90 Å². The molecule has 1 aromatic rings. The highest BCUT2D eigenvalue weighted by atomic mass is 79.9. The van der Waals surface area contributed by atoms with Gasteiger partial charge in [-0.25, -0.2) is 4.39 Å². The first-order valence-electron chi connectivity index (χ1n) is 7.50. The normalized spacial score (nSPS) is 19.8. The third kappa shape index (κ3) is 4.27. The van der Waals surface area contributed by atoms with E-state index in [4.69, 9.17) is 0 Å². The molecule has 2 unspecified atom stereocenters. The predicted octanol–water partition coefficient (Wildman–Crippen LogP) is 4.11. The molecular weight excluding hydrogens is 319 g/mol. The van der Waals surface area contributed by atoms with Gasteiger partial charge in [0.1, 0.15) is 5.82 Å². The summed E-state index contributed by atoms with van der Waals surface area (Å²) in [6, 6.07) is 5.82. The Morgan fingerprint density at radius 2 is 1.95 bits per heavy atom. The van der Waals surface area contributed by atoms with Crippen LogP contribution in [0.4, 0.5) is 4.39 Å². The van der Waals surface area contributed by atoms with Crippen molar-refractivity contribution in [3.63, 3.8) is 0 Å². The van der Waals surface area contributed by atoms with Gasteiger partial charge in [0.25, 0.3) is 0 Å². The van der Waals surface area contributed by atoms with E-state index < -0.39 is 0 Å². The molecule has 0 saturated carbocycles. The SMILES string of the molecule is CC(NCC(C)N1CCCCC1)c1ccc(Br)cc1F. The first kappa shape index (κ1) is 15.9. The van der Waals surface area contributed by atoms with Crippen molar-refractivity contribution in [2.45, 2.75) is 45.2 Å². The van der Waals surface area contributed by atoms with Crippen molar-refractivity contribution < 1.29 is 4.39 Å². The number of nitrogens with zero attached hydrogens (tertiary/aromatic N) is 1.